The lowest BCUT2D eigenvalue weighted by Gasteiger charge is -2.10. The van der Waals surface area contributed by atoms with Crippen molar-refractivity contribution in [1.82, 2.24) is 0 Å². The van der Waals surface area contributed by atoms with E-state index in [0.717, 1.165) is 5.56 Å². The number of nitrogens with one attached hydrogen (secondary N) is 1. The summed E-state index contributed by atoms with van der Waals surface area (Å²) in [6.07, 6.45) is 0. The molecule has 1 amide bonds. The number of ether oxygens (including phenoxy) is 1. The molecule has 0 aliphatic heterocycles. The van der Waals surface area contributed by atoms with Crippen molar-refractivity contribution in [2.45, 2.75) is 6.54 Å². The average molecular weight is 274 g/mol. The normalized spacial score (nSPS) is 10.1. The number of rotatable bonds is 5. The minimum Gasteiger partial charge on any atom is -0.481 e. The van der Waals surface area contributed by atoms with Gasteiger partial charge in [-0.1, -0.05) is 30.3 Å². The maximum absolute atomic E-state index is 13.3. The number of hydrogen-bond donors (Lipinski definition) is 2. The standard InChI is InChI=1S/C15H15FN2O2/c16-12-6-2-4-8-14(12)20-10-15(19)18-13-7-3-1-5-11(13)9-17/h1-8H,9-10,17H2,(H,18,19). The summed E-state index contributed by atoms with van der Waals surface area (Å²) in [5, 5.41) is 2.68. The highest BCUT2D eigenvalue weighted by Gasteiger charge is 2.08. The number of carbonyl (C=O) groups is 1. The molecule has 2 aromatic carbocycles. The molecule has 0 aliphatic rings. The fraction of sp³-hybridized carbons (Fsp3) is 0.133. The summed E-state index contributed by atoms with van der Waals surface area (Å²) in [6, 6.07) is 13.2. The van der Waals surface area contributed by atoms with E-state index < -0.39 is 5.82 Å². The zero-order valence-electron chi connectivity index (χ0n) is 10.8. The van der Waals surface area contributed by atoms with Gasteiger partial charge in [0, 0.05) is 12.2 Å². The maximum Gasteiger partial charge on any atom is 0.262 e. The van der Waals surface area contributed by atoms with Crippen LogP contribution in [0.15, 0.2) is 48.5 Å². The van der Waals surface area contributed by atoms with E-state index in [1.165, 1.54) is 12.1 Å². The molecule has 0 unspecified atom stereocenters. The summed E-state index contributed by atoms with van der Waals surface area (Å²) in [6.45, 7) is 0.0600. The van der Waals surface area contributed by atoms with Crippen LogP contribution in [0.4, 0.5) is 10.1 Å². The molecule has 0 fully saturated rings. The SMILES string of the molecule is NCc1ccccc1NC(=O)COc1ccccc1F. The number of benzene rings is 2. The summed E-state index contributed by atoms with van der Waals surface area (Å²) in [5.74, 6) is -0.813. The van der Waals surface area contributed by atoms with Gasteiger partial charge in [-0.15, -0.1) is 0 Å². The van der Waals surface area contributed by atoms with Crippen LogP contribution in [-0.4, -0.2) is 12.5 Å². The van der Waals surface area contributed by atoms with Crippen LogP contribution in [0, 0.1) is 5.82 Å². The summed E-state index contributed by atoms with van der Waals surface area (Å²) in [7, 11) is 0. The van der Waals surface area contributed by atoms with Gasteiger partial charge < -0.3 is 15.8 Å². The minimum absolute atomic E-state index is 0.0507. The fourth-order valence-corrected chi connectivity index (χ4v) is 1.71. The van der Waals surface area contributed by atoms with Crippen molar-refractivity contribution in [3.63, 3.8) is 0 Å². The minimum atomic E-state index is -0.498. The van der Waals surface area contributed by atoms with Gasteiger partial charge in [-0.2, -0.15) is 0 Å². The maximum atomic E-state index is 13.3. The Morgan fingerprint density at radius 2 is 1.85 bits per heavy atom. The van der Waals surface area contributed by atoms with E-state index in [1.807, 2.05) is 12.1 Å². The van der Waals surface area contributed by atoms with Gasteiger partial charge in [0.25, 0.3) is 5.91 Å². The third-order valence-corrected chi connectivity index (χ3v) is 2.71. The molecule has 0 heterocycles. The highest BCUT2D eigenvalue weighted by Crippen LogP contribution is 2.16. The fourth-order valence-electron chi connectivity index (χ4n) is 1.71. The molecule has 0 saturated carbocycles. The average Bonchev–Trinajstić information content (AvgIpc) is 2.47. The molecule has 20 heavy (non-hydrogen) atoms. The van der Waals surface area contributed by atoms with Crippen LogP contribution in [0.2, 0.25) is 0 Å². The smallest absolute Gasteiger partial charge is 0.262 e. The zero-order valence-corrected chi connectivity index (χ0v) is 10.8. The Bertz CT molecular complexity index is 602. The molecule has 5 heteroatoms. The van der Waals surface area contributed by atoms with E-state index in [4.69, 9.17) is 10.5 Å². The molecule has 0 radical (unpaired) electrons. The third-order valence-electron chi connectivity index (χ3n) is 2.71. The monoisotopic (exact) mass is 274 g/mol. The van der Waals surface area contributed by atoms with E-state index in [0.29, 0.717) is 12.2 Å². The predicted molar refractivity (Wildman–Crippen MR) is 74.9 cm³/mol. The Kier molecular flexibility index (Phi) is 4.68. The number of amides is 1. The zero-order chi connectivity index (χ0) is 14.4. The first-order chi connectivity index (χ1) is 9.70. The first kappa shape index (κ1) is 14.0. The molecule has 4 nitrogen and oxygen atoms in total. The van der Waals surface area contributed by atoms with E-state index in [9.17, 15) is 9.18 Å². The van der Waals surface area contributed by atoms with Gasteiger partial charge in [-0.25, -0.2) is 4.39 Å². The number of anilines is 1. The van der Waals surface area contributed by atoms with Crippen LogP contribution in [0.3, 0.4) is 0 Å². The highest BCUT2D eigenvalue weighted by atomic mass is 19.1. The Hall–Kier alpha value is -2.40. The molecule has 0 bridgehead atoms. The van der Waals surface area contributed by atoms with Gasteiger partial charge in [0.2, 0.25) is 0 Å². The lowest BCUT2D eigenvalue weighted by atomic mass is 10.2. The van der Waals surface area contributed by atoms with Crippen LogP contribution in [0.25, 0.3) is 0 Å². The van der Waals surface area contributed by atoms with Crippen molar-refractivity contribution in [2.24, 2.45) is 5.73 Å². The molecule has 0 aromatic heterocycles. The summed E-state index contributed by atoms with van der Waals surface area (Å²) >= 11 is 0. The molecule has 0 saturated heterocycles. The Morgan fingerprint density at radius 1 is 1.15 bits per heavy atom. The molecule has 2 rings (SSSR count). The number of para-hydroxylation sites is 2. The van der Waals surface area contributed by atoms with Gasteiger partial charge in [0.15, 0.2) is 18.2 Å². The molecule has 2 aromatic rings. The second-order valence-corrected chi connectivity index (χ2v) is 4.13. The van der Waals surface area contributed by atoms with Gasteiger partial charge in [-0.05, 0) is 23.8 Å². The third kappa shape index (κ3) is 3.55. The van der Waals surface area contributed by atoms with E-state index >= 15 is 0 Å². The lowest BCUT2D eigenvalue weighted by molar-refractivity contribution is -0.118. The number of nitrogens with two attached hydrogens (primary N) is 1. The first-order valence-corrected chi connectivity index (χ1v) is 6.16. The quantitative estimate of drug-likeness (QED) is 0.879. The molecule has 0 aliphatic carbocycles. The van der Waals surface area contributed by atoms with Crippen molar-refractivity contribution >= 4 is 11.6 Å². The van der Waals surface area contributed by atoms with Crippen molar-refractivity contribution in [3.8, 4) is 5.75 Å². The van der Waals surface area contributed by atoms with Crippen LogP contribution in [-0.2, 0) is 11.3 Å². The van der Waals surface area contributed by atoms with Crippen molar-refractivity contribution in [3.05, 3.63) is 59.9 Å². The van der Waals surface area contributed by atoms with Crippen molar-refractivity contribution in [1.29, 1.82) is 0 Å². The summed E-state index contributed by atoms with van der Waals surface area (Å²) in [5.41, 5.74) is 7.04. The second-order valence-electron chi connectivity index (χ2n) is 4.13. The van der Waals surface area contributed by atoms with Gasteiger partial charge in [-0.3, -0.25) is 4.79 Å². The van der Waals surface area contributed by atoms with E-state index in [2.05, 4.69) is 5.32 Å². The molecular formula is C15H15FN2O2. The highest BCUT2D eigenvalue weighted by molar-refractivity contribution is 5.92. The van der Waals surface area contributed by atoms with Crippen LogP contribution < -0.4 is 15.8 Å². The van der Waals surface area contributed by atoms with E-state index in [1.54, 1.807) is 24.3 Å². The number of carbonyl (C=O) groups excluding carboxylic acids is 1. The van der Waals surface area contributed by atoms with Gasteiger partial charge in [0.1, 0.15) is 0 Å². The summed E-state index contributed by atoms with van der Waals surface area (Å²) < 4.78 is 18.4. The predicted octanol–water partition coefficient (Wildman–Crippen LogP) is 2.30. The van der Waals surface area contributed by atoms with Crippen molar-refractivity contribution in [2.75, 3.05) is 11.9 Å². The molecule has 3 N–H and O–H groups in total. The molecular weight excluding hydrogens is 259 g/mol. The van der Waals surface area contributed by atoms with Gasteiger partial charge in [0.05, 0.1) is 0 Å². The van der Waals surface area contributed by atoms with Gasteiger partial charge >= 0.3 is 0 Å². The van der Waals surface area contributed by atoms with E-state index in [-0.39, 0.29) is 18.3 Å². The topological polar surface area (TPSA) is 64.3 Å². The van der Waals surface area contributed by atoms with Crippen LogP contribution >= 0.6 is 0 Å². The van der Waals surface area contributed by atoms with Crippen molar-refractivity contribution < 1.29 is 13.9 Å². The molecule has 104 valence electrons. The molecule has 0 atom stereocenters. The lowest BCUT2D eigenvalue weighted by Crippen LogP contribution is -2.21. The van der Waals surface area contributed by atoms with Crippen LogP contribution in [0.5, 0.6) is 5.75 Å². The Morgan fingerprint density at radius 3 is 2.60 bits per heavy atom. The Balaban J connectivity index is 1.95. The summed E-state index contributed by atoms with van der Waals surface area (Å²) in [4.78, 5) is 11.8. The first-order valence-electron chi connectivity index (χ1n) is 6.16. The Labute approximate surface area is 116 Å². The second kappa shape index (κ2) is 6.68. The number of halogens is 1. The number of hydrogen-bond acceptors (Lipinski definition) is 3. The van der Waals surface area contributed by atoms with Crippen LogP contribution in [0.1, 0.15) is 5.56 Å². The largest absolute Gasteiger partial charge is 0.481 e. The molecule has 0 spiro atoms.